The van der Waals surface area contributed by atoms with Crippen molar-refractivity contribution in [3.63, 3.8) is 0 Å². The monoisotopic (exact) mass is 266 g/mol. The summed E-state index contributed by atoms with van der Waals surface area (Å²) in [5.41, 5.74) is 0. The predicted molar refractivity (Wildman–Crippen MR) is 76.5 cm³/mol. The molecule has 2 rings (SSSR count). The molecule has 0 amide bonds. The Balaban J connectivity index is 1.85. The molecule has 0 aliphatic heterocycles. The van der Waals surface area contributed by atoms with Crippen molar-refractivity contribution in [2.24, 2.45) is 0 Å². The van der Waals surface area contributed by atoms with Gasteiger partial charge in [-0.1, -0.05) is 6.92 Å². The van der Waals surface area contributed by atoms with Crippen LogP contribution in [0, 0.1) is 0 Å². The first-order valence-corrected chi connectivity index (χ1v) is 7.52. The summed E-state index contributed by atoms with van der Waals surface area (Å²) in [5.74, 6) is 1.99. The third kappa shape index (κ3) is 3.69. The molecule has 5 nitrogen and oxygen atoms in total. The Labute approximate surface area is 115 Å². The van der Waals surface area contributed by atoms with Crippen LogP contribution in [0.25, 0.3) is 0 Å². The van der Waals surface area contributed by atoms with Crippen LogP contribution in [-0.4, -0.2) is 36.3 Å². The zero-order valence-corrected chi connectivity index (χ0v) is 12.4. The Hall–Kier alpha value is -1.10. The molecule has 0 aromatic carbocycles. The maximum Gasteiger partial charge on any atom is 0.265 e. The minimum atomic E-state index is 0.450. The third-order valence-corrected chi connectivity index (χ3v) is 4.01. The SMILES string of the molecule is CCCNC1CCC(c2nc(N(C)CC)no2)CC1. The zero-order chi connectivity index (χ0) is 13.7. The Kier molecular flexibility index (Phi) is 5.19. The summed E-state index contributed by atoms with van der Waals surface area (Å²) in [6.45, 7) is 6.32. The van der Waals surface area contributed by atoms with Crippen molar-refractivity contribution in [3.05, 3.63) is 5.89 Å². The van der Waals surface area contributed by atoms with Gasteiger partial charge in [-0.05, 0) is 50.7 Å². The molecule has 1 aliphatic rings. The Morgan fingerprint density at radius 2 is 2.00 bits per heavy atom. The van der Waals surface area contributed by atoms with Gasteiger partial charge in [-0.2, -0.15) is 4.98 Å². The summed E-state index contributed by atoms with van der Waals surface area (Å²) < 4.78 is 5.42. The summed E-state index contributed by atoms with van der Waals surface area (Å²) in [6.07, 6.45) is 5.94. The topological polar surface area (TPSA) is 54.2 Å². The lowest BCUT2D eigenvalue weighted by molar-refractivity contribution is 0.283. The molecule has 1 aliphatic carbocycles. The molecule has 108 valence electrons. The summed E-state index contributed by atoms with van der Waals surface area (Å²) >= 11 is 0. The lowest BCUT2D eigenvalue weighted by Crippen LogP contribution is -2.33. The van der Waals surface area contributed by atoms with Crippen LogP contribution in [0.5, 0.6) is 0 Å². The van der Waals surface area contributed by atoms with Crippen LogP contribution in [0.15, 0.2) is 4.52 Å². The van der Waals surface area contributed by atoms with Gasteiger partial charge in [0.2, 0.25) is 5.89 Å². The Morgan fingerprint density at radius 3 is 2.63 bits per heavy atom. The van der Waals surface area contributed by atoms with Crippen LogP contribution in [0.4, 0.5) is 5.95 Å². The van der Waals surface area contributed by atoms with Crippen LogP contribution in [0.2, 0.25) is 0 Å². The molecule has 1 N–H and O–H groups in total. The van der Waals surface area contributed by atoms with Crippen LogP contribution < -0.4 is 10.2 Å². The van der Waals surface area contributed by atoms with Crippen molar-refractivity contribution in [2.45, 2.75) is 57.9 Å². The van der Waals surface area contributed by atoms with Gasteiger partial charge in [0.05, 0.1) is 0 Å². The second kappa shape index (κ2) is 6.89. The first-order chi connectivity index (χ1) is 9.24. The number of anilines is 1. The largest absolute Gasteiger partial charge is 0.342 e. The molecular formula is C14H26N4O. The highest BCUT2D eigenvalue weighted by atomic mass is 16.5. The molecule has 0 spiro atoms. The van der Waals surface area contributed by atoms with E-state index < -0.39 is 0 Å². The molecule has 0 saturated heterocycles. The van der Waals surface area contributed by atoms with Gasteiger partial charge in [-0.3, -0.25) is 0 Å². The molecule has 1 aromatic heterocycles. The van der Waals surface area contributed by atoms with Gasteiger partial charge in [0.25, 0.3) is 5.95 Å². The van der Waals surface area contributed by atoms with Gasteiger partial charge >= 0.3 is 0 Å². The number of nitrogens with zero attached hydrogens (tertiary/aromatic N) is 3. The number of rotatable bonds is 6. The predicted octanol–water partition coefficient (Wildman–Crippen LogP) is 2.55. The lowest BCUT2D eigenvalue weighted by atomic mass is 9.86. The average Bonchev–Trinajstić information content (AvgIpc) is 2.94. The van der Waals surface area contributed by atoms with Crippen molar-refractivity contribution >= 4 is 5.95 Å². The van der Waals surface area contributed by atoms with E-state index in [1.165, 1.54) is 19.3 Å². The summed E-state index contributed by atoms with van der Waals surface area (Å²) in [7, 11) is 1.99. The molecule has 1 fully saturated rings. The minimum absolute atomic E-state index is 0.450. The molecule has 5 heteroatoms. The summed E-state index contributed by atoms with van der Waals surface area (Å²) in [4.78, 5) is 6.52. The van der Waals surface area contributed by atoms with Crippen LogP contribution in [0.1, 0.15) is 57.8 Å². The van der Waals surface area contributed by atoms with Gasteiger partial charge in [-0.15, -0.1) is 0 Å². The lowest BCUT2D eigenvalue weighted by Gasteiger charge is -2.27. The molecule has 0 atom stereocenters. The van der Waals surface area contributed by atoms with E-state index in [2.05, 4.69) is 29.3 Å². The molecule has 1 heterocycles. The fourth-order valence-corrected chi connectivity index (χ4v) is 2.58. The quantitative estimate of drug-likeness (QED) is 0.857. The van der Waals surface area contributed by atoms with Gasteiger partial charge in [0.1, 0.15) is 0 Å². The van der Waals surface area contributed by atoms with Crippen molar-refractivity contribution in [1.82, 2.24) is 15.5 Å². The van der Waals surface area contributed by atoms with E-state index >= 15 is 0 Å². The first-order valence-electron chi connectivity index (χ1n) is 7.52. The number of hydrogen-bond donors (Lipinski definition) is 1. The van der Waals surface area contributed by atoms with E-state index in [4.69, 9.17) is 4.52 Å². The highest BCUT2D eigenvalue weighted by molar-refractivity contribution is 5.25. The average molecular weight is 266 g/mol. The molecule has 1 saturated carbocycles. The molecular weight excluding hydrogens is 240 g/mol. The number of aromatic nitrogens is 2. The number of nitrogens with one attached hydrogen (secondary N) is 1. The van der Waals surface area contributed by atoms with E-state index in [0.29, 0.717) is 17.9 Å². The number of hydrogen-bond acceptors (Lipinski definition) is 5. The fraction of sp³-hybridized carbons (Fsp3) is 0.857. The van der Waals surface area contributed by atoms with Crippen LogP contribution in [-0.2, 0) is 0 Å². The molecule has 19 heavy (non-hydrogen) atoms. The van der Waals surface area contributed by atoms with Gasteiger partial charge < -0.3 is 14.7 Å². The first kappa shape index (κ1) is 14.3. The highest BCUT2D eigenvalue weighted by Crippen LogP contribution is 2.32. The smallest absolute Gasteiger partial charge is 0.265 e. The zero-order valence-electron chi connectivity index (χ0n) is 12.4. The maximum atomic E-state index is 5.42. The van der Waals surface area contributed by atoms with Gasteiger partial charge in [-0.25, -0.2) is 0 Å². The van der Waals surface area contributed by atoms with Crippen molar-refractivity contribution < 1.29 is 4.52 Å². The van der Waals surface area contributed by atoms with E-state index in [9.17, 15) is 0 Å². The van der Waals surface area contributed by atoms with Crippen LogP contribution >= 0.6 is 0 Å². The van der Waals surface area contributed by atoms with E-state index in [1.807, 2.05) is 11.9 Å². The summed E-state index contributed by atoms with van der Waals surface area (Å²) in [6, 6.07) is 0.678. The molecule has 0 unspecified atom stereocenters. The maximum absolute atomic E-state index is 5.42. The van der Waals surface area contributed by atoms with Gasteiger partial charge in [0.15, 0.2) is 0 Å². The van der Waals surface area contributed by atoms with Gasteiger partial charge in [0, 0.05) is 25.6 Å². The fourth-order valence-electron chi connectivity index (χ4n) is 2.58. The van der Waals surface area contributed by atoms with E-state index in [1.54, 1.807) is 0 Å². The van der Waals surface area contributed by atoms with Crippen molar-refractivity contribution in [3.8, 4) is 0 Å². The van der Waals surface area contributed by atoms with E-state index in [-0.39, 0.29) is 0 Å². The Morgan fingerprint density at radius 1 is 1.26 bits per heavy atom. The minimum Gasteiger partial charge on any atom is -0.342 e. The second-order valence-corrected chi connectivity index (χ2v) is 5.45. The third-order valence-electron chi connectivity index (χ3n) is 4.01. The normalized spacial score (nSPS) is 23.5. The Bertz CT molecular complexity index is 371. The molecule has 0 bridgehead atoms. The molecule has 1 aromatic rings. The molecule has 0 radical (unpaired) electrons. The van der Waals surface area contributed by atoms with Crippen LogP contribution in [0.3, 0.4) is 0 Å². The van der Waals surface area contributed by atoms with Crippen molar-refractivity contribution in [2.75, 3.05) is 25.0 Å². The van der Waals surface area contributed by atoms with E-state index in [0.717, 1.165) is 31.8 Å². The highest BCUT2D eigenvalue weighted by Gasteiger charge is 2.26. The standard InChI is InChI=1S/C14H26N4O/c1-4-10-15-12-8-6-11(7-9-12)13-16-14(17-19-13)18(3)5-2/h11-12,15H,4-10H2,1-3H3. The summed E-state index contributed by atoms with van der Waals surface area (Å²) in [5, 5.41) is 7.66. The van der Waals surface area contributed by atoms with Crippen molar-refractivity contribution in [1.29, 1.82) is 0 Å². The second-order valence-electron chi connectivity index (χ2n) is 5.45.